The molecule has 0 saturated carbocycles. The Labute approximate surface area is 257 Å². The summed E-state index contributed by atoms with van der Waals surface area (Å²) in [6.07, 6.45) is 0. The first kappa shape index (κ1) is 27.0. The molecule has 3 atom stereocenters. The first-order valence-electron chi connectivity index (χ1n) is 13.4. The zero-order chi connectivity index (χ0) is 29.4. The molecule has 0 spiro atoms. The van der Waals surface area contributed by atoms with Crippen molar-refractivity contribution in [3.63, 3.8) is 0 Å². The van der Waals surface area contributed by atoms with Crippen LogP contribution in [-0.2, 0) is 24.1 Å². The molecule has 1 saturated heterocycles. The number of anilines is 1. The standard InChI is InChI=1S/C33H23Cl3N2O4/c1-18(29(39)37-20-12-16-22(17-13-20)42-21-14-10-19(34)11-15-21)38-30(40)27-28(31(38)41)33(36)24-7-3-2-6-23(24)32(27,35)25-8-4-5-9-26(25)33/h2-18,27-28H,1H3,(H,37,39)/t18-,27+,28+,32?,33?/m1/s1. The molecular weight excluding hydrogens is 595 g/mol. The van der Waals surface area contributed by atoms with Crippen LogP contribution in [0.2, 0.25) is 5.02 Å². The molecule has 9 heteroatoms. The molecule has 1 aliphatic heterocycles. The van der Waals surface area contributed by atoms with Gasteiger partial charge in [0.2, 0.25) is 17.7 Å². The second-order valence-corrected chi connectivity index (χ2v) is 12.4. The number of imide groups is 1. The highest BCUT2D eigenvalue weighted by Gasteiger charge is 2.73. The number of halogens is 3. The molecule has 0 radical (unpaired) electrons. The minimum Gasteiger partial charge on any atom is -0.457 e. The summed E-state index contributed by atoms with van der Waals surface area (Å²) in [7, 11) is 0. The van der Waals surface area contributed by atoms with E-state index < -0.39 is 45.3 Å². The van der Waals surface area contributed by atoms with Gasteiger partial charge >= 0.3 is 0 Å². The quantitative estimate of drug-likeness (QED) is 0.192. The number of rotatable bonds is 5. The van der Waals surface area contributed by atoms with Crippen molar-refractivity contribution in [1.29, 1.82) is 0 Å². The summed E-state index contributed by atoms with van der Waals surface area (Å²) in [6.45, 7) is 1.53. The summed E-state index contributed by atoms with van der Waals surface area (Å²) in [5.74, 6) is -2.29. The predicted molar refractivity (Wildman–Crippen MR) is 161 cm³/mol. The van der Waals surface area contributed by atoms with Gasteiger partial charge in [0.1, 0.15) is 27.3 Å². The summed E-state index contributed by atoms with van der Waals surface area (Å²) < 4.78 is 5.81. The second kappa shape index (κ2) is 9.60. The maximum atomic E-state index is 14.1. The molecule has 4 aromatic carbocycles. The first-order chi connectivity index (χ1) is 20.2. The van der Waals surface area contributed by atoms with Gasteiger partial charge in [-0.2, -0.15) is 0 Å². The number of carbonyl (C=O) groups excluding carboxylic acids is 3. The number of amides is 3. The molecule has 2 bridgehead atoms. The van der Waals surface area contributed by atoms with E-state index in [4.69, 9.17) is 39.5 Å². The highest BCUT2D eigenvalue weighted by atomic mass is 35.5. The fraction of sp³-hybridized carbons (Fsp3) is 0.182. The third-order valence-corrected chi connectivity index (χ3v) is 10.1. The lowest BCUT2D eigenvalue weighted by Gasteiger charge is -2.54. The summed E-state index contributed by atoms with van der Waals surface area (Å²) >= 11 is 20.9. The lowest BCUT2D eigenvalue weighted by molar-refractivity contribution is -0.146. The Kier molecular flexibility index (Phi) is 6.17. The number of ether oxygens (including phenoxy) is 1. The van der Waals surface area contributed by atoms with E-state index in [0.29, 0.717) is 44.5 Å². The van der Waals surface area contributed by atoms with Crippen molar-refractivity contribution >= 4 is 58.2 Å². The maximum Gasteiger partial charge on any atom is 0.247 e. The van der Waals surface area contributed by atoms with Crippen molar-refractivity contribution in [2.45, 2.75) is 22.7 Å². The summed E-state index contributed by atoms with van der Waals surface area (Å²) in [5, 5.41) is 3.41. The molecule has 1 N–H and O–H groups in total. The molecule has 4 aromatic rings. The van der Waals surface area contributed by atoms with E-state index in [0.717, 1.165) is 4.90 Å². The highest BCUT2D eigenvalue weighted by molar-refractivity contribution is 6.36. The molecule has 3 amide bonds. The molecule has 8 rings (SSSR count). The first-order valence-corrected chi connectivity index (χ1v) is 14.6. The van der Waals surface area contributed by atoms with E-state index in [1.807, 2.05) is 48.5 Å². The molecule has 1 heterocycles. The molecule has 42 heavy (non-hydrogen) atoms. The Morgan fingerprint density at radius 2 is 1.14 bits per heavy atom. The molecule has 1 fully saturated rings. The smallest absolute Gasteiger partial charge is 0.247 e. The number of nitrogens with one attached hydrogen (secondary N) is 1. The third-order valence-electron chi connectivity index (χ3n) is 8.56. The van der Waals surface area contributed by atoms with Gasteiger partial charge in [-0.05, 0) is 77.7 Å². The van der Waals surface area contributed by atoms with Crippen molar-refractivity contribution in [1.82, 2.24) is 4.90 Å². The van der Waals surface area contributed by atoms with Crippen molar-refractivity contribution in [2.75, 3.05) is 5.32 Å². The Morgan fingerprint density at radius 3 is 1.57 bits per heavy atom. The second-order valence-electron chi connectivity index (χ2n) is 10.8. The van der Waals surface area contributed by atoms with E-state index >= 15 is 0 Å². The van der Waals surface area contributed by atoms with Gasteiger partial charge in [-0.3, -0.25) is 19.3 Å². The average molecular weight is 618 g/mol. The highest BCUT2D eigenvalue weighted by Crippen LogP contribution is 2.69. The minimum atomic E-state index is -1.30. The number of carbonyl (C=O) groups is 3. The summed E-state index contributed by atoms with van der Waals surface area (Å²) in [6, 6.07) is 27.5. The van der Waals surface area contributed by atoms with Crippen molar-refractivity contribution in [2.24, 2.45) is 11.8 Å². The van der Waals surface area contributed by atoms with Gasteiger partial charge in [-0.25, -0.2) is 0 Å². The van der Waals surface area contributed by atoms with Crippen LogP contribution in [0, 0.1) is 11.8 Å². The number of alkyl halides is 2. The van der Waals surface area contributed by atoms with Crippen LogP contribution < -0.4 is 10.1 Å². The van der Waals surface area contributed by atoms with Crippen molar-refractivity contribution < 1.29 is 19.1 Å². The lowest BCUT2D eigenvalue weighted by Crippen LogP contribution is -2.57. The minimum absolute atomic E-state index is 0.481. The van der Waals surface area contributed by atoms with Crippen LogP contribution >= 0.6 is 34.8 Å². The van der Waals surface area contributed by atoms with Gasteiger partial charge in [0.25, 0.3) is 0 Å². The van der Waals surface area contributed by atoms with E-state index in [1.165, 1.54) is 6.92 Å². The van der Waals surface area contributed by atoms with E-state index in [-0.39, 0.29) is 0 Å². The van der Waals surface area contributed by atoms with E-state index in [9.17, 15) is 14.4 Å². The SMILES string of the molecule is C[C@H](C(=O)Nc1ccc(Oc2ccc(Cl)cc2)cc1)N1C(=O)[C@@H]2[C@@H](C1=O)C1(Cl)c3ccccc3C2(Cl)c2ccccc21. The zero-order valence-electron chi connectivity index (χ0n) is 22.2. The van der Waals surface area contributed by atoms with Gasteiger partial charge in [0, 0.05) is 10.7 Å². The molecular formula is C33H23Cl3N2O4. The monoisotopic (exact) mass is 616 g/mol. The number of hydrogen-bond donors (Lipinski definition) is 1. The Morgan fingerprint density at radius 1 is 0.738 bits per heavy atom. The lowest BCUT2D eigenvalue weighted by atomic mass is 9.54. The maximum absolute atomic E-state index is 14.1. The largest absolute Gasteiger partial charge is 0.457 e. The van der Waals surface area contributed by atoms with Crippen LogP contribution in [-0.4, -0.2) is 28.7 Å². The van der Waals surface area contributed by atoms with Gasteiger partial charge in [-0.1, -0.05) is 60.1 Å². The molecule has 3 aliphatic carbocycles. The third kappa shape index (κ3) is 3.68. The molecule has 0 aromatic heterocycles. The number of benzene rings is 4. The Hall–Kier alpha value is -3.84. The molecule has 210 valence electrons. The zero-order valence-corrected chi connectivity index (χ0v) is 24.5. The number of hydrogen-bond acceptors (Lipinski definition) is 4. The van der Waals surface area contributed by atoms with Crippen LogP contribution in [0.5, 0.6) is 11.5 Å². The van der Waals surface area contributed by atoms with Crippen LogP contribution in [0.3, 0.4) is 0 Å². The Balaban J connectivity index is 1.16. The Bertz CT molecular complexity index is 1650. The topological polar surface area (TPSA) is 75.7 Å². The summed E-state index contributed by atoms with van der Waals surface area (Å²) in [4.78, 5) is 40.1. The van der Waals surface area contributed by atoms with Crippen molar-refractivity contribution in [3.8, 4) is 11.5 Å². The van der Waals surface area contributed by atoms with Crippen LogP contribution in [0.25, 0.3) is 0 Å². The average Bonchev–Trinajstić information content (AvgIpc) is 3.28. The molecule has 0 unspecified atom stereocenters. The van der Waals surface area contributed by atoms with Gasteiger partial charge < -0.3 is 10.1 Å². The number of nitrogens with zero attached hydrogens (tertiary/aromatic N) is 1. The van der Waals surface area contributed by atoms with Gasteiger partial charge in [0.05, 0.1) is 11.8 Å². The van der Waals surface area contributed by atoms with E-state index in [1.54, 1.807) is 48.5 Å². The fourth-order valence-electron chi connectivity index (χ4n) is 6.68. The van der Waals surface area contributed by atoms with Crippen LogP contribution in [0.15, 0.2) is 97.1 Å². The fourth-order valence-corrected chi connectivity index (χ4v) is 7.90. The molecule has 6 nitrogen and oxygen atoms in total. The van der Waals surface area contributed by atoms with Crippen LogP contribution in [0.4, 0.5) is 5.69 Å². The predicted octanol–water partition coefficient (Wildman–Crippen LogP) is 7.05. The van der Waals surface area contributed by atoms with Gasteiger partial charge in [0.15, 0.2) is 0 Å². The van der Waals surface area contributed by atoms with Crippen LogP contribution in [0.1, 0.15) is 29.2 Å². The van der Waals surface area contributed by atoms with E-state index in [2.05, 4.69) is 5.32 Å². The molecule has 4 aliphatic rings. The van der Waals surface area contributed by atoms with Crippen molar-refractivity contribution in [3.05, 3.63) is 124 Å². The summed E-state index contributed by atoms with van der Waals surface area (Å²) in [5.41, 5.74) is 3.32. The van der Waals surface area contributed by atoms with Gasteiger partial charge in [-0.15, -0.1) is 23.2 Å². The number of likely N-dealkylation sites (tertiary alicyclic amines) is 1. The normalized spacial score (nSPS) is 25.9.